The van der Waals surface area contributed by atoms with Crippen LogP contribution in [0.4, 0.5) is 0 Å². The molecule has 1 aromatic rings. The minimum atomic E-state index is -0.689. The molecule has 2 atom stereocenters. The predicted molar refractivity (Wildman–Crippen MR) is 54.5 cm³/mol. The summed E-state index contributed by atoms with van der Waals surface area (Å²) in [7, 11) is 0. The van der Waals surface area contributed by atoms with Crippen LogP contribution >= 0.6 is 11.6 Å². The van der Waals surface area contributed by atoms with Crippen molar-refractivity contribution in [1.82, 2.24) is 0 Å². The number of hydrogen-bond donors (Lipinski definition) is 2. The Bertz CT molecular complexity index is 343. The van der Waals surface area contributed by atoms with Gasteiger partial charge >= 0.3 is 0 Å². The largest absolute Gasteiger partial charge is 0.493 e. The molecular weight excluding hydrogens is 202 g/mol. The molecule has 14 heavy (non-hydrogen) atoms. The molecule has 3 N–H and O–H groups in total. The van der Waals surface area contributed by atoms with E-state index in [0.717, 1.165) is 0 Å². The quantitative estimate of drug-likeness (QED) is 0.687. The number of rotatable bonds is 0. The fraction of sp³-hybridized carbons (Fsp3) is 0.400. The number of benzene rings is 1. The summed E-state index contributed by atoms with van der Waals surface area (Å²) in [6, 6.07) is 4.92. The van der Waals surface area contributed by atoms with Crippen LogP contribution in [0, 0.1) is 0 Å². The van der Waals surface area contributed by atoms with Crippen LogP contribution in [0.3, 0.4) is 0 Å². The Morgan fingerprint density at radius 3 is 3.07 bits per heavy atom. The normalized spacial score (nSPS) is 26.2. The van der Waals surface area contributed by atoms with Crippen LogP contribution in [0.5, 0.6) is 5.75 Å². The van der Waals surface area contributed by atoms with Crippen LogP contribution in [0.25, 0.3) is 0 Å². The minimum absolute atomic E-state index is 0.283. The smallest absolute Gasteiger partial charge is 0.125 e. The van der Waals surface area contributed by atoms with E-state index in [9.17, 15) is 5.11 Å². The van der Waals surface area contributed by atoms with Gasteiger partial charge in [-0.3, -0.25) is 0 Å². The van der Waals surface area contributed by atoms with Crippen molar-refractivity contribution < 1.29 is 9.84 Å². The summed E-state index contributed by atoms with van der Waals surface area (Å²) in [5.74, 6) is 0.676. The molecule has 0 spiro atoms. The first-order valence-electron chi connectivity index (χ1n) is 4.54. The maximum absolute atomic E-state index is 9.87. The molecule has 1 aliphatic rings. The lowest BCUT2D eigenvalue weighted by molar-refractivity contribution is 0.145. The topological polar surface area (TPSA) is 55.5 Å². The summed E-state index contributed by atoms with van der Waals surface area (Å²) in [4.78, 5) is 0. The lowest BCUT2D eigenvalue weighted by Crippen LogP contribution is -2.28. The Morgan fingerprint density at radius 1 is 1.50 bits per heavy atom. The molecule has 0 unspecified atom stereocenters. The zero-order chi connectivity index (χ0) is 10.1. The number of halogens is 1. The van der Waals surface area contributed by atoms with Gasteiger partial charge in [0, 0.05) is 16.6 Å². The van der Waals surface area contributed by atoms with Crippen molar-refractivity contribution in [3.05, 3.63) is 28.8 Å². The number of hydrogen-bond acceptors (Lipinski definition) is 3. The van der Waals surface area contributed by atoms with E-state index < -0.39 is 6.10 Å². The Balaban J connectivity index is 2.44. The third-order valence-electron chi connectivity index (χ3n) is 2.40. The molecule has 1 aliphatic heterocycles. The fourth-order valence-electron chi connectivity index (χ4n) is 1.58. The van der Waals surface area contributed by atoms with E-state index in [-0.39, 0.29) is 6.04 Å². The van der Waals surface area contributed by atoms with Gasteiger partial charge in [0.2, 0.25) is 0 Å². The first-order chi connectivity index (χ1) is 6.68. The highest BCUT2D eigenvalue weighted by Crippen LogP contribution is 2.32. The average Bonchev–Trinajstić information content (AvgIpc) is 2.30. The highest BCUT2D eigenvalue weighted by Gasteiger charge is 2.24. The van der Waals surface area contributed by atoms with Crippen LogP contribution in [0.15, 0.2) is 18.2 Å². The summed E-state index contributed by atoms with van der Waals surface area (Å²) in [5, 5.41) is 10.5. The van der Waals surface area contributed by atoms with Crippen molar-refractivity contribution in [2.45, 2.75) is 18.6 Å². The molecule has 0 fully saturated rings. The lowest BCUT2D eigenvalue weighted by Gasteiger charge is -2.15. The van der Waals surface area contributed by atoms with Gasteiger partial charge in [0.15, 0.2) is 0 Å². The first kappa shape index (κ1) is 9.77. The van der Waals surface area contributed by atoms with Gasteiger partial charge in [-0.1, -0.05) is 11.6 Å². The molecule has 0 saturated heterocycles. The van der Waals surface area contributed by atoms with Crippen molar-refractivity contribution in [2.24, 2.45) is 5.73 Å². The minimum Gasteiger partial charge on any atom is -0.493 e. The molecule has 0 amide bonds. The van der Waals surface area contributed by atoms with Crippen LogP contribution in [-0.2, 0) is 0 Å². The zero-order valence-corrected chi connectivity index (χ0v) is 8.37. The summed E-state index contributed by atoms with van der Waals surface area (Å²) in [6.45, 7) is 0.535. The van der Waals surface area contributed by atoms with Crippen molar-refractivity contribution in [3.63, 3.8) is 0 Å². The summed E-state index contributed by atoms with van der Waals surface area (Å²) < 4.78 is 5.45. The lowest BCUT2D eigenvalue weighted by atomic mass is 10.0. The van der Waals surface area contributed by atoms with E-state index in [4.69, 9.17) is 22.1 Å². The highest BCUT2D eigenvalue weighted by atomic mass is 35.5. The van der Waals surface area contributed by atoms with E-state index in [2.05, 4.69) is 0 Å². The van der Waals surface area contributed by atoms with E-state index in [0.29, 0.717) is 29.4 Å². The predicted octanol–water partition coefficient (Wildman–Crippen LogP) is 1.48. The molecule has 76 valence electrons. The maximum Gasteiger partial charge on any atom is 0.125 e. The third-order valence-corrected chi connectivity index (χ3v) is 2.64. The Kier molecular flexibility index (Phi) is 2.63. The summed E-state index contributed by atoms with van der Waals surface area (Å²) in [6.07, 6.45) is -0.0424. The molecule has 0 saturated carbocycles. The van der Waals surface area contributed by atoms with E-state index in [1.165, 1.54) is 0 Å². The highest BCUT2D eigenvalue weighted by molar-refractivity contribution is 6.30. The van der Waals surface area contributed by atoms with Crippen molar-refractivity contribution in [3.8, 4) is 5.75 Å². The molecule has 1 heterocycles. The molecule has 4 heteroatoms. The number of aliphatic hydroxyl groups is 1. The molecule has 1 aromatic carbocycles. The van der Waals surface area contributed by atoms with Gasteiger partial charge in [0.05, 0.1) is 12.7 Å². The van der Waals surface area contributed by atoms with Crippen molar-refractivity contribution in [1.29, 1.82) is 0 Å². The molecule has 0 aliphatic carbocycles. The van der Waals surface area contributed by atoms with Gasteiger partial charge in [0.25, 0.3) is 0 Å². The van der Waals surface area contributed by atoms with Gasteiger partial charge in [0.1, 0.15) is 5.75 Å². The van der Waals surface area contributed by atoms with Gasteiger partial charge in [-0.15, -0.1) is 0 Å². The Labute approximate surface area is 87.4 Å². The van der Waals surface area contributed by atoms with E-state index in [1.807, 2.05) is 0 Å². The van der Waals surface area contributed by atoms with E-state index >= 15 is 0 Å². The van der Waals surface area contributed by atoms with Crippen molar-refractivity contribution >= 4 is 11.6 Å². The molecule has 3 nitrogen and oxygen atoms in total. The number of aliphatic hydroxyl groups excluding tert-OH is 1. The van der Waals surface area contributed by atoms with Gasteiger partial charge in [-0.25, -0.2) is 0 Å². The summed E-state index contributed by atoms with van der Waals surface area (Å²) >= 11 is 5.84. The number of fused-ring (bicyclic) bond motifs is 1. The molecule has 0 aromatic heterocycles. The van der Waals surface area contributed by atoms with Crippen LogP contribution < -0.4 is 10.5 Å². The second-order valence-corrected chi connectivity index (χ2v) is 3.86. The third kappa shape index (κ3) is 1.71. The standard InChI is InChI=1S/C10H12ClNO2/c11-6-1-2-9-7(5-6)10(13)8(12)3-4-14-9/h1-2,5,8,10,13H,3-4,12H2/t8-,10+/m1/s1. The second-order valence-electron chi connectivity index (χ2n) is 3.43. The number of ether oxygens (including phenoxy) is 1. The van der Waals surface area contributed by atoms with Gasteiger partial charge in [-0.05, 0) is 24.6 Å². The summed E-state index contributed by atoms with van der Waals surface area (Å²) in [5.41, 5.74) is 6.45. The van der Waals surface area contributed by atoms with Crippen LogP contribution in [0.2, 0.25) is 5.02 Å². The first-order valence-corrected chi connectivity index (χ1v) is 4.92. The SMILES string of the molecule is N[C@@H]1CCOc2ccc(Cl)cc2[C@@H]1O. The fourth-order valence-corrected chi connectivity index (χ4v) is 1.76. The maximum atomic E-state index is 9.87. The Hall–Kier alpha value is -0.770. The molecule has 0 radical (unpaired) electrons. The second kappa shape index (κ2) is 3.77. The van der Waals surface area contributed by atoms with Crippen LogP contribution in [-0.4, -0.2) is 17.8 Å². The monoisotopic (exact) mass is 213 g/mol. The van der Waals surface area contributed by atoms with E-state index in [1.54, 1.807) is 18.2 Å². The molecule has 0 bridgehead atoms. The Morgan fingerprint density at radius 2 is 2.29 bits per heavy atom. The van der Waals surface area contributed by atoms with Gasteiger partial charge < -0.3 is 15.6 Å². The molecular formula is C10H12ClNO2. The number of nitrogens with two attached hydrogens (primary N) is 1. The zero-order valence-electron chi connectivity index (χ0n) is 7.61. The average molecular weight is 214 g/mol. The molecule has 2 rings (SSSR count). The van der Waals surface area contributed by atoms with Crippen LogP contribution in [0.1, 0.15) is 18.1 Å². The van der Waals surface area contributed by atoms with Crippen molar-refractivity contribution in [2.75, 3.05) is 6.61 Å². The van der Waals surface area contributed by atoms with Gasteiger partial charge in [-0.2, -0.15) is 0 Å².